The highest BCUT2D eigenvalue weighted by Crippen LogP contribution is 2.40. The number of carbonyl (C=O) groups excluding carboxylic acids is 1. The molecule has 1 saturated heterocycles. The van der Waals surface area contributed by atoms with Crippen LogP contribution in [0.2, 0.25) is 5.02 Å². The fourth-order valence-electron chi connectivity index (χ4n) is 7.22. The second-order valence-electron chi connectivity index (χ2n) is 13.2. The molecule has 1 N–H and O–H groups in total. The first kappa shape index (κ1) is 36.6. The molecule has 1 heterocycles. The number of amides is 1. The molecule has 2 fully saturated rings. The maximum Gasteiger partial charge on any atom is 0.245 e. The topological polar surface area (TPSA) is 91.4 Å². The Bertz CT molecular complexity index is 1400. The summed E-state index contributed by atoms with van der Waals surface area (Å²) in [4.78, 5) is 17.3. The monoisotopic (exact) mass is 676 g/mol. The number of ether oxygens (including phenoxy) is 2. The number of methoxy groups -OCH3 is 1. The largest absolute Gasteiger partial charge is 0.496 e. The first-order valence-corrected chi connectivity index (χ1v) is 18.4. The van der Waals surface area contributed by atoms with Crippen molar-refractivity contribution in [1.29, 1.82) is 0 Å². The maximum absolute atomic E-state index is 13.5. The van der Waals surface area contributed by atoms with E-state index in [4.69, 9.17) is 21.1 Å². The average molecular weight is 677 g/mol. The Morgan fingerprint density at radius 3 is 2.28 bits per heavy atom. The zero-order valence-corrected chi connectivity index (χ0v) is 30.1. The predicted molar refractivity (Wildman–Crippen MR) is 184 cm³/mol. The van der Waals surface area contributed by atoms with Crippen LogP contribution < -0.4 is 10.1 Å². The fourth-order valence-corrected chi connectivity index (χ4v) is 9.26. The third-order valence-corrected chi connectivity index (χ3v) is 12.3. The highest BCUT2D eigenvalue weighted by molar-refractivity contribution is 7.89. The van der Waals surface area contributed by atoms with Crippen LogP contribution in [0.25, 0.3) is 0 Å². The molecule has 0 radical (unpaired) electrons. The molecule has 0 spiro atoms. The van der Waals surface area contributed by atoms with Gasteiger partial charge in [0.15, 0.2) is 0 Å². The Balaban J connectivity index is 1.10. The third-order valence-electron chi connectivity index (χ3n) is 9.89. The molecule has 2 aromatic rings. The number of hydrogen-bond acceptors (Lipinski definition) is 7. The second-order valence-corrected chi connectivity index (χ2v) is 15.5. The Hall–Kier alpha value is -2.21. The van der Waals surface area contributed by atoms with Gasteiger partial charge in [0, 0.05) is 50.3 Å². The lowest BCUT2D eigenvalue weighted by molar-refractivity contribution is -0.125. The van der Waals surface area contributed by atoms with Crippen molar-refractivity contribution in [3.8, 4) is 5.75 Å². The summed E-state index contributed by atoms with van der Waals surface area (Å²) >= 11 is 6.12. The molecule has 1 unspecified atom stereocenters. The smallest absolute Gasteiger partial charge is 0.245 e. The van der Waals surface area contributed by atoms with Crippen LogP contribution in [-0.2, 0) is 19.6 Å². The number of halogens is 1. The minimum atomic E-state index is -3.61. The molecule has 9 nitrogen and oxygen atoms in total. The lowest BCUT2D eigenvalue weighted by Gasteiger charge is -2.37. The molecule has 0 bridgehead atoms. The van der Waals surface area contributed by atoms with Crippen LogP contribution in [0.4, 0.5) is 0 Å². The van der Waals surface area contributed by atoms with Crippen molar-refractivity contribution in [2.24, 2.45) is 11.8 Å². The number of carbonyl (C=O) groups is 1. The normalized spacial score (nSPS) is 20.5. The van der Waals surface area contributed by atoms with E-state index in [0.717, 1.165) is 22.6 Å². The van der Waals surface area contributed by atoms with Crippen molar-refractivity contribution in [3.05, 3.63) is 57.6 Å². The van der Waals surface area contributed by atoms with Gasteiger partial charge in [0.25, 0.3) is 0 Å². The number of benzene rings is 2. The van der Waals surface area contributed by atoms with Crippen LogP contribution in [0.15, 0.2) is 35.2 Å². The molecule has 1 aliphatic carbocycles. The van der Waals surface area contributed by atoms with E-state index in [2.05, 4.69) is 41.3 Å². The van der Waals surface area contributed by atoms with Crippen LogP contribution in [0, 0.1) is 32.6 Å². The van der Waals surface area contributed by atoms with E-state index in [0.29, 0.717) is 80.0 Å². The third kappa shape index (κ3) is 9.23. The number of hydrogen-bond donors (Lipinski definition) is 1. The number of aryl methyl sites for hydroxylation is 1. The van der Waals surface area contributed by atoms with E-state index in [-0.39, 0.29) is 12.5 Å². The van der Waals surface area contributed by atoms with Gasteiger partial charge in [0.1, 0.15) is 12.4 Å². The molecular weight excluding hydrogens is 624 g/mol. The predicted octanol–water partition coefficient (Wildman–Crippen LogP) is 5.21. The minimum absolute atomic E-state index is 0.0437. The molecule has 1 amide bonds. The van der Waals surface area contributed by atoms with E-state index in [1.807, 2.05) is 32.9 Å². The van der Waals surface area contributed by atoms with Crippen molar-refractivity contribution in [2.75, 3.05) is 73.7 Å². The van der Waals surface area contributed by atoms with E-state index in [9.17, 15) is 13.2 Å². The molecule has 1 aliphatic heterocycles. The first-order valence-electron chi connectivity index (χ1n) is 16.6. The van der Waals surface area contributed by atoms with Gasteiger partial charge in [-0.1, -0.05) is 36.6 Å². The van der Waals surface area contributed by atoms with Gasteiger partial charge in [-0.15, -0.1) is 0 Å². The summed E-state index contributed by atoms with van der Waals surface area (Å²) in [5.74, 6) is 1.87. The Labute approximate surface area is 281 Å². The fraction of sp³-hybridized carbons (Fsp3) is 0.629. The first-order chi connectivity index (χ1) is 21.9. The zero-order chi connectivity index (χ0) is 33.4. The molecule has 46 heavy (non-hydrogen) atoms. The SMILES string of the molecule is COc1cc(C)c(S(=O)(=O)N2CCN(CCOCC(=O)NCCC3CCC(C(c4ccc(Cl)cc4)N(C)C)CC3)CC2)c(C)c1C. The molecular formula is C35H53ClN4O5S. The summed E-state index contributed by atoms with van der Waals surface area (Å²) in [7, 11) is 2.30. The van der Waals surface area contributed by atoms with Gasteiger partial charge in [0.2, 0.25) is 15.9 Å². The van der Waals surface area contributed by atoms with Gasteiger partial charge < -0.3 is 19.7 Å². The molecule has 2 aliphatic rings. The van der Waals surface area contributed by atoms with Crippen molar-refractivity contribution >= 4 is 27.5 Å². The van der Waals surface area contributed by atoms with E-state index >= 15 is 0 Å². The average Bonchev–Trinajstić information content (AvgIpc) is 3.03. The molecule has 1 atom stereocenters. The van der Waals surface area contributed by atoms with Crippen LogP contribution in [0.3, 0.4) is 0 Å². The van der Waals surface area contributed by atoms with Gasteiger partial charge in [-0.05, 0) is 106 Å². The summed E-state index contributed by atoms with van der Waals surface area (Å²) in [6, 6.07) is 10.5. The van der Waals surface area contributed by atoms with E-state index in [1.165, 1.54) is 31.2 Å². The lowest BCUT2D eigenvalue weighted by Crippen LogP contribution is -2.49. The molecule has 0 aromatic heterocycles. The van der Waals surface area contributed by atoms with Crippen molar-refractivity contribution in [3.63, 3.8) is 0 Å². The number of nitrogens with zero attached hydrogens (tertiary/aromatic N) is 3. The van der Waals surface area contributed by atoms with Crippen LogP contribution in [0.5, 0.6) is 5.75 Å². The van der Waals surface area contributed by atoms with Crippen molar-refractivity contribution < 1.29 is 22.7 Å². The Morgan fingerprint density at radius 2 is 1.67 bits per heavy atom. The summed E-state index contributed by atoms with van der Waals surface area (Å²) in [6.45, 7) is 9.46. The van der Waals surface area contributed by atoms with E-state index < -0.39 is 10.0 Å². The van der Waals surface area contributed by atoms with Gasteiger partial charge in [-0.2, -0.15) is 4.31 Å². The summed E-state index contributed by atoms with van der Waals surface area (Å²) in [6.07, 6.45) is 5.74. The quantitative estimate of drug-likeness (QED) is 0.275. The summed E-state index contributed by atoms with van der Waals surface area (Å²) in [5, 5.41) is 3.80. The van der Waals surface area contributed by atoms with Crippen LogP contribution >= 0.6 is 11.6 Å². The second kappa shape index (κ2) is 16.8. The highest BCUT2D eigenvalue weighted by atomic mass is 35.5. The van der Waals surface area contributed by atoms with Crippen molar-refractivity contribution in [1.82, 2.24) is 19.4 Å². The van der Waals surface area contributed by atoms with Gasteiger partial charge in [-0.3, -0.25) is 9.69 Å². The zero-order valence-electron chi connectivity index (χ0n) is 28.5. The van der Waals surface area contributed by atoms with Crippen molar-refractivity contribution in [2.45, 2.75) is 63.8 Å². The number of sulfonamides is 1. The molecule has 2 aromatic carbocycles. The Morgan fingerprint density at radius 1 is 1.02 bits per heavy atom. The number of piperazine rings is 1. The van der Waals surface area contributed by atoms with Gasteiger partial charge in [-0.25, -0.2) is 8.42 Å². The lowest BCUT2D eigenvalue weighted by atomic mass is 9.75. The molecule has 4 rings (SSSR count). The van der Waals surface area contributed by atoms with E-state index in [1.54, 1.807) is 17.5 Å². The maximum atomic E-state index is 13.5. The Kier molecular flexibility index (Phi) is 13.3. The minimum Gasteiger partial charge on any atom is -0.496 e. The number of rotatable bonds is 14. The van der Waals surface area contributed by atoms with Crippen LogP contribution in [-0.4, -0.2) is 102 Å². The van der Waals surface area contributed by atoms with Crippen LogP contribution in [0.1, 0.15) is 60.4 Å². The molecule has 256 valence electrons. The number of nitrogens with one attached hydrogen (secondary N) is 1. The standard InChI is InChI=1S/C35H53ClN4O5S/c1-25-23-32(44-6)26(2)27(3)35(25)46(42,43)40-19-17-39(18-20-40)21-22-45-24-33(41)37-16-15-28-7-9-29(10-8-28)34(38(4)5)30-11-13-31(36)14-12-30/h11-14,23,28-29,34H,7-10,15-22,24H2,1-6H3,(H,37,41). The highest BCUT2D eigenvalue weighted by Gasteiger charge is 2.32. The molecule has 1 saturated carbocycles. The van der Waals surface area contributed by atoms with Gasteiger partial charge in [0.05, 0.1) is 18.6 Å². The summed E-state index contributed by atoms with van der Waals surface area (Å²) < 4.78 is 39.7. The van der Waals surface area contributed by atoms with Gasteiger partial charge >= 0.3 is 0 Å². The summed E-state index contributed by atoms with van der Waals surface area (Å²) in [5.41, 5.74) is 3.61. The molecule has 11 heteroatoms.